The number of hydrogen-bond acceptors (Lipinski definition) is 8. The highest BCUT2D eigenvalue weighted by molar-refractivity contribution is 5.95. The van der Waals surface area contributed by atoms with Gasteiger partial charge in [0.25, 0.3) is 5.91 Å². The van der Waals surface area contributed by atoms with Crippen LogP contribution in [0.25, 0.3) is 0 Å². The number of aromatic nitrogens is 2. The van der Waals surface area contributed by atoms with Gasteiger partial charge in [0.05, 0.1) is 19.9 Å². The van der Waals surface area contributed by atoms with Gasteiger partial charge in [-0.3, -0.25) is 14.4 Å². The van der Waals surface area contributed by atoms with Crippen LogP contribution in [-0.2, 0) is 16.1 Å². The van der Waals surface area contributed by atoms with E-state index in [0.717, 1.165) is 16.8 Å². The van der Waals surface area contributed by atoms with E-state index in [1.54, 1.807) is 24.4 Å². The summed E-state index contributed by atoms with van der Waals surface area (Å²) in [6.45, 7) is 5.41. The third-order valence-corrected chi connectivity index (χ3v) is 4.74. The number of rotatable bonds is 10. The molecular formula is C24H25N5O4. The lowest BCUT2D eigenvalue weighted by Crippen LogP contribution is -2.21. The molecule has 0 aliphatic rings. The Bertz CT molecular complexity index is 1180. The number of benzene rings is 2. The zero-order chi connectivity index (χ0) is 23.8. The van der Waals surface area contributed by atoms with E-state index < -0.39 is 5.91 Å². The van der Waals surface area contributed by atoms with Crippen LogP contribution in [0.5, 0.6) is 5.75 Å². The predicted octanol–water partition coefficient (Wildman–Crippen LogP) is 3.87. The van der Waals surface area contributed by atoms with Gasteiger partial charge in [0, 0.05) is 29.4 Å². The maximum Gasteiger partial charge on any atom is 0.274 e. The Morgan fingerprint density at radius 3 is 2.61 bits per heavy atom. The number of nitrogens with one attached hydrogen (secondary N) is 3. The second-order valence-electron chi connectivity index (χ2n) is 7.03. The molecular weight excluding hydrogens is 422 g/mol. The molecule has 0 radical (unpaired) electrons. The quantitative estimate of drug-likeness (QED) is 0.317. The maximum atomic E-state index is 12.1. The number of hydrogen-bond donors (Lipinski definition) is 3. The summed E-state index contributed by atoms with van der Waals surface area (Å²) in [4.78, 5) is 37.6. The first-order chi connectivity index (χ1) is 15.9. The minimum Gasteiger partial charge on any atom is -0.495 e. The fourth-order valence-corrected chi connectivity index (χ4v) is 3.03. The number of para-hydroxylation sites is 1. The second kappa shape index (κ2) is 10.9. The van der Waals surface area contributed by atoms with Crippen LogP contribution in [0.4, 0.5) is 23.1 Å². The van der Waals surface area contributed by atoms with Crippen LogP contribution < -0.4 is 20.9 Å². The van der Waals surface area contributed by atoms with Crippen LogP contribution in [-0.4, -0.2) is 35.9 Å². The van der Waals surface area contributed by atoms with Crippen molar-refractivity contribution in [3.05, 3.63) is 78.0 Å². The summed E-state index contributed by atoms with van der Waals surface area (Å²) in [5, 5.41) is 6.38. The van der Waals surface area contributed by atoms with Crippen LogP contribution in [0, 0.1) is 6.92 Å². The Labute approximate surface area is 191 Å². The first kappa shape index (κ1) is 23.4. The minimum atomic E-state index is -0.402. The van der Waals surface area contributed by atoms with Gasteiger partial charge in [-0.25, -0.2) is 10.5 Å². The van der Waals surface area contributed by atoms with Gasteiger partial charge in [0.2, 0.25) is 5.95 Å². The fraction of sp³-hybridized carbons (Fsp3) is 0.167. The van der Waals surface area contributed by atoms with Crippen molar-refractivity contribution >= 4 is 34.8 Å². The molecule has 1 heterocycles. The Kier molecular flexibility index (Phi) is 7.72. The average molecular weight is 447 g/mol. The summed E-state index contributed by atoms with van der Waals surface area (Å²) in [5.74, 6) is 0.899. The summed E-state index contributed by atoms with van der Waals surface area (Å²) in [6, 6.07) is 12.4. The monoisotopic (exact) mass is 447 g/mol. The summed E-state index contributed by atoms with van der Waals surface area (Å²) in [5.41, 5.74) is 5.55. The number of carbonyl (C=O) groups excluding carboxylic acids is 2. The van der Waals surface area contributed by atoms with Gasteiger partial charge in [0.15, 0.2) is 5.78 Å². The zero-order valence-corrected chi connectivity index (χ0v) is 18.6. The van der Waals surface area contributed by atoms with Crippen molar-refractivity contribution in [2.24, 2.45) is 0 Å². The molecule has 1 amide bonds. The third kappa shape index (κ3) is 5.92. The van der Waals surface area contributed by atoms with Gasteiger partial charge in [-0.1, -0.05) is 24.8 Å². The van der Waals surface area contributed by atoms with E-state index in [1.807, 2.05) is 31.2 Å². The number of ketones is 1. The van der Waals surface area contributed by atoms with E-state index in [-0.39, 0.29) is 12.2 Å². The molecule has 3 aromatic rings. The van der Waals surface area contributed by atoms with Gasteiger partial charge in [0.1, 0.15) is 11.6 Å². The zero-order valence-electron chi connectivity index (χ0n) is 18.6. The van der Waals surface area contributed by atoms with E-state index in [1.165, 1.54) is 20.3 Å². The summed E-state index contributed by atoms with van der Waals surface area (Å²) < 4.78 is 5.39. The largest absolute Gasteiger partial charge is 0.495 e. The Morgan fingerprint density at radius 2 is 1.88 bits per heavy atom. The highest BCUT2D eigenvalue weighted by atomic mass is 16.6. The van der Waals surface area contributed by atoms with Gasteiger partial charge in [-0.15, -0.1) is 0 Å². The molecule has 0 spiro atoms. The molecule has 0 aliphatic carbocycles. The first-order valence-electron chi connectivity index (χ1n) is 10.1. The molecule has 2 aromatic carbocycles. The highest BCUT2D eigenvalue weighted by Crippen LogP contribution is 2.29. The third-order valence-electron chi connectivity index (χ3n) is 4.74. The van der Waals surface area contributed by atoms with Gasteiger partial charge in [-0.05, 0) is 42.8 Å². The van der Waals surface area contributed by atoms with Crippen LogP contribution in [0.1, 0.15) is 21.5 Å². The molecule has 1 aromatic heterocycles. The number of nitrogens with zero attached hydrogens (tertiary/aromatic N) is 2. The highest BCUT2D eigenvalue weighted by Gasteiger charge is 2.13. The lowest BCUT2D eigenvalue weighted by Gasteiger charge is -2.15. The van der Waals surface area contributed by atoms with E-state index >= 15 is 0 Å². The number of amides is 1. The van der Waals surface area contributed by atoms with Gasteiger partial charge >= 0.3 is 0 Å². The molecule has 9 nitrogen and oxygen atoms in total. The molecule has 0 saturated carbocycles. The predicted molar refractivity (Wildman–Crippen MR) is 126 cm³/mol. The van der Waals surface area contributed by atoms with E-state index in [9.17, 15) is 9.59 Å². The Morgan fingerprint density at radius 1 is 1.09 bits per heavy atom. The van der Waals surface area contributed by atoms with Crippen molar-refractivity contribution in [1.29, 1.82) is 0 Å². The molecule has 3 N–H and O–H groups in total. The van der Waals surface area contributed by atoms with Gasteiger partial charge < -0.3 is 15.4 Å². The number of anilines is 4. The van der Waals surface area contributed by atoms with Crippen LogP contribution in [0.2, 0.25) is 0 Å². The number of ether oxygens (including phenoxy) is 1. The van der Waals surface area contributed by atoms with Crippen molar-refractivity contribution in [2.75, 3.05) is 24.9 Å². The second-order valence-corrected chi connectivity index (χ2v) is 7.03. The average Bonchev–Trinajstić information content (AvgIpc) is 2.82. The lowest BCUT2D eigenvalue weighted by atomic mass is 10.1. The number of carbonyl (C=O) groups is 2. The summed E-state index contributed by atoms with van der Waals surface area (Å²) in [7, 11) is 2.89. The summed E-state index contributed by atoms with van der Waals surface area (Å²) in [6.07, 6.45) is 3.21. The number of allylic oxidation sites excluding steroid dienone is 1. The molecule has 0 aliphatic heterocycles. The Hall–Kier alpha value is -4.24. The minimum absolute atomic E-state index is 0.0736. The van der Waals surface area contributed by atoms with Crippen molar-refractivity contribution in [3.8, 4) is 5.75 Å². The molecule has 0 unspecified atom stereocenters. The van der Waals surface area contributed by atoms with E-state index in [2.05, 4.69) is 37.5 Å². The molecule has 0 bridgehead atoms. The maximum absolute atomic E-state index is 12.1. The molecule has 3 rings (SSSR count). The number of methoxy groups -OCH3 is 1. The molecule has 0 atom stereocenters. The van der Waals surface area contributed by atoms with Crippen molar-refractivity contribution in [1.82, 2.24) is 15.4 Å². The molecule has 0 saturated heterocycles. The Balaban J connectivity index is 1.89. The van der Waals surface area contributed by atoms with Gasteiger partial charge in [-0.2, -0.15) is 4.98 Å². The summed E-state index contributed by atoms with van der Waals surface area (Å²) >= 11 is 0. The molecule has 33 heavy (non-hydrogen) atoms. The van der Waals surface area contributed by atoms with Crippen molar-refractivity contribution < 1.29 is 19.2 Å². The van der Waals surface area contributed by atoms with E-state index in [4.69, 9.17) is 4.74 Å². The SMILES string of the molecule is C=CC(=O)Cc1ccccc1Nc1nc(Nc2cc(C(=O)NOC)ccc2OC)ncc1C. The lowest BCUT2D eigenvalue weighted by molar-refractivity contribution is -0.114. The molecule has 0 fully saturated rings. The van der Waals surface area contributed by atoms with E-state index in [0.29, 0.717) is 28.8 Å². The molecule has 9 heteroatoms. The smallest absolute Gasteiger partial charge is 0.274 e. The standard InChI is InChI=1S/C24H25N5O4/c1-5-18(30)12-16-8-6-7-9-19(16)26-22-15(2)14-25-24(28-22)27-20-13-17(23(31)29-33-4)10-11-21(20)32-3/h5-11,13-14H,1,12H2,2-4H3,(H,29,31)(H2,25,26,27,28). The number of hydroxylamine groups is 1. The number of aryl methyl sites for hydroxylation is 1. The molecule has 170 valence electrons. The van der Waals surface area contributed by atoms with Crippen LogP contribution >= 0.6 is 0 Å². The normalized spacial score (nSPS) is 10.3. The van der Waals surface area contributed by atoms with Crippen molar-refractivity contribution in [3.63, 3.8) is 0 Å². The van der Waals surface area contributed by atoms with Crippen LogP contribution in [0.15, 0.2) is 61.3 Å². The fourth-order valence-electron chi connectivity index (χ4n) is 3.03. The topological polar surface area (TPSA) is 114 Å². The van der Waals surface area contributed by atoms with Crippen LogP contribution in [0.3, 0.4) is 0 Å². The first-order valence-corrected chi connectivity index (χ1v) is 10.1. The van der Waals surface area contributed by atoms with Crippen molar-refractivity contribution in [2.45, 2.75) is 13.3 Å².